The van der Waals surface area contributed by atoms with E-state index in [4.69, 9.17) is 4.74 Å². The van der Waals surface area contributed by atoms with Crippen LogP contribution < -0.4 is 10.1 Å². The van der Waals surface area contributed by atoms with Crippen LogP contribution in [0.2, 0.25) is 0 Å². The molecule has 0 aliphatic carbocycles. The summed E-state index contributed by atoms with van der Waals surface area (Å²) in [6, 6.07) is 11.3. The number of hydrogen-bond donors (Lipinski definition) is 1. The standard InChI is InChI=1S/C17H18FNO4S/c1-3-24(21,22)16-10-6-14(7-11-16)19-17(20)12(2)23-15-8-4-13(18)5-9-15/h4-12H,3H2,1-2H3,(H,19,20)/t12-/m0/s1. The summed E-state index contributed by atoms with van der Waals surface area (Å²) in [5.41, 5.74) is 0.463. The van der Waals surface area contributed by atoms with Gasteiger partial charge in [0.2, 0.25) is 0 Å². The first-order valence-corrected chi connectivity index (χ1v) is 9.03. The van der Waals surface area contributed by atoms with E-state index in [0.717, 1.165) is 0 Å². The van der Waals surface area contributed by atoms with E-state index in [1.54, 1.807) is 13.8 Å². The third-order valence-corrected chi connectivity index (χ3v) is 5.11. The summed E-state index contributed by atoms with van der Waals surface area (Å²) in [5, 5.41) is 2.64. The molecule has 2 rings (SSSR count). The second-order valence-electron chi connectivity index (χ2n) is 5.13. The van der Waals surface area contributed by atoms with Crippen molar-refractivity contribution in [3.8, 4) is 5.75 Å². The number of ether oxygens (including phenoxy) is 1. The van der Waals surface area contributed by atoms with Gasteiger partial charge in [-0.3, -0.25) is 4.79 Å². The van der Waals surface area contributed by atoms with E-state index < -0.39 is 21.8 Å². The van der Waals surface area contributed by atoms with Crippen molar-refractivity contribution >= 4 is 21.4 Å². The van der Waals surface area contributed by atoms with Crippen molar-refractivity contribution in [3.05, 3.63) is 54.3 Å². The number of sulfone groups is 1. The third kappa shape index (κ3) is 4.55. The molecule has 0 saturated heterocycles. The lowest BCUT2D eigenvalue weighted by Crippen LogP contribution is -2.30. The van der Waals surface area contributed by atoms with E-state index >= 15 is 0 Å². The van der Waals surface area contributed by atoms with Crippen molar-refractivity contribution in [2.24, 2.45) is 0 Å². The number of anilines is 1. The van der Waals surface area contributed by atoms with Gasteiger partial charge in [0.05, 0.1) is 10.6 Å². The van der Waals surface area contributed by atoms with Gasteiger partial charge in [0.15, 0.2) is 15.9 Å². The summed E-state index contributed by atoms with van der Waals surface area (Å²) in [6.07, 6.45) is -0.797. The highest BCUT2D eigenvalue weighted by molar-refractivity contribution is 7.91. The molecule has 0 fully saturated rings. The van der Waals surface area contributed by atoms with Crippen LogP contribution >= 0.6 is 0 Å². The van der Waals surface area contributed by atoms with Crippen molar-refractivity contribution in [2.75, 3.05) is 11.1 Å². The number of amides is 1. The summed E-state index contributed by atoms with van der Waals surface area (Å²) in [4.78, 5) is 12.3. The molecule has 1 atom stereocenters. The fraction of sp³-hybridized carbons (Fsp3) is 0.235. The Labute approximate surface area is 140 Å². The van der Waals surface area contributed by atoms with E-state index in [9.17, 15) is 17.6 Å². The number of halogens is 1. The molecular weight excluding hydrogens is 333 g/mol. The molecule has 24 heavy (non-hydrogen) atoms. The van der Waals surface area contributed by atoms with Crippen LogP contribution in [0.15, 0.2) is 53.4 Å². The van der Waals surface area contributed by atoms with Crippen LogP contribution in [-0.4, -0.2) is 26.2 Å². The molecule has 2 aromatic rings. The smallest absolute Gasteiger partial charge is 0.265 e. The van der Waals surface area contributed by atoms with Crippen LogP contribution in [0.4, 0.5) is 10.1 Å². The first-order chi connectivity index (χ1) is 11.3. The molecule has 0 bridgehead atoms. The molecule has 0 unspecified atom stereocenters. The Kier molecular flexibility index (Phi) is 5.56. The lowest BCUT2D eigenvalue weighted by molar-refractivity contribution is -0.122. The average molecular weight is 351 g/mol. The maximum absolute atomic E-state index is 12.8. The predicted octanol–water partition coefficient (Wildman–Crippen LogP) is 3.03. The Morgan fingerprint density at radius 2 is 1.71 bits per heavy atom. The lowest BCUT2D eigenvalue weighted by Gasteiger charge is -2.15. The van der Waals surface area contributed by atoms with Crippen LogP contribution in [0, 0.1) is 5.82 Å². The highest BCUT2D eigenvalue weighted by Gasteiger charge is 2.16. The Balaban J connectivity index is 1.99. The summed E-state index contributed by atoms with van der Waals surface area (Å²) in [6.45, 7) is 3.13. The molecule has 0 aromatic heterocycles. The van der Waals surface area contributed by atoms with Gasteiger partial charge in [-0.2, -0.15) is 0 Å². The highest BCUT2D eigenvalue weighted by Crippen LogP contribution is 2.17. The molecule has 1 amide bonds. The Morgan fingerprint density at radius 1 is 1.12 bits per heavy atom. The van der Waals surface area contributed by atoms with Crippen molar-refractivity contribution in [1.29, 1.82) is 0 Å². The minimum absolute atomic E-state index is 0.0151. The van der Waals surface area contributed by atoms with Gasteiger partial charge in [-0.25, -0.2) is 12.8 Å². The van der Waals surface area contributed by atoms with E-state index in [0.29, 0.717) is 11.4 Å². The summed E-state index contributed by atoms with van der Waals surface area (Å²) < 4.78 is 41.7. The largest absolute Gasteiger partial charge is 0.481 e. The number of nitrogens with one attached hydrogen (secondary N) is 1. The van der Waals surface area contributed by atoms with Crippen LogP contribution in [-0.2, 0) is 14.6 Å². The SMILES string of the molecule is CCS(=O)(=O)c1ccc(NC(=O)[C@H](C)Oc2ccc(F)cc2)cc1. The maximum Gasteiger partial charge on any atom is 0.265 e. The number of benzene rings is 2. The summed E-state index contributed by atoms with van der Waals surface area (Å²) >= 11 is 0. The molecule has 1 N–H and O–H groups in total. The number of rotatable bonds is 6. The molecule has 0 heterocycles. The minimum Gasteiger partial charge on any atom is -0.481 e. The lowest BCUT2D eigenvalue weighted by atomic mass is 10.3. The Hall–Kier alpha value is -2.41. The number of hydrogen-bond acceptors (Lipinski definition) is 4. The zero-order valence-corrected chi connectivity index (χ0v) is 14.1. The van der Waals surface area contributed by atoms with Gasteiger partial charge in [0.1, 0.15) is 11.6 Å². The zero-order valence-electron chi connectivity index (χ0n) is 13.3. The number of carbonyl (C=O) groups excluding carboxylic acids is 1. The summed E-state index contributed by atoms with van der Waals surface area (Å²) in [5.74, 6) is -0.392. The predicted molar refractivity (Wildman–Crippen MR) is 89.3 cm³/mol. The molecule has 0 aliphatic rings. The van der Waals surface area contributed by atoms with Crippen LogP contribution in [0.5, 0.6) is 5.75 Å². The van der Waals surface area contributed by atoms with Gasteiger partial charge in [-0.05, 0) is 55.5 Å². The second-order valence-corrected chi connectivity index (χ2v) is 7.41. The maximum atomic E-state index is 12.8. The molecule has 0 radical (unpaired) electrons. The Bertz CT molecular complexity index is 801. The van der Waals surface area contributed by atoms with Crippen molar-refractivity contribution in [3.63, 3.8) is 0 Å². The number of carbonyl (C=O) groups is 1. The normalized spacial score (nSPS) is 12.5. The first-order valence-electron chi connectivity index (χ1n) is 7.37. The van der Waals surface area contributed by atoms with Gasteiger partial charge in [0.25, 0.3) is 5.91 Å². The Morgan fingerprint density at radius 3 is 2.25 bits per heavy atom. The van der Waals surface area contributed by atoms with Gasteiger partial charge in [-0.1, -0.05) is 6.92 Å². The minimum atomic E-state index is -3.27. The average Bonchev–Trinajstić information content (AvgIpc) is 2.57. The second kappa shape index (κ2) is 7.44. The molecule has 128 valence electrons. The monoisotopic (exact) mass is 351 g/mol. The van der Waals surface area contributed by atoms with Gasteiger partial charge < -0.3 is 10.1 Å². The topological polar surface area (TPSA) is 72.5 Å². The van der Waals surface area contributed by atoms with E-state index in [1.165, 1.54) is 48.5 Å². The van der Waals surface area contributed by atoms with E-state index in [1.807, 2.05) is 0 Å². The molecule has 7 heteroatoms. The molecule has 2 aromatic carbocycles. The highest BCUT2D eigenvalue weighted by atomic mass is 32.2. The van der Waals surface area contributed by atoms with Crippen molar-refractivity contribution < 1.29 is 22.3 Å². The van der Waals surface area contributed by atoms with Gasteiger partial charge in [-0.15, -0.1) is 0 Å². The van der Waals surface area contributed by atoms with Crippen LogP contribution in [0.3, 0.4) is 0 Å². The third-order valence-electron chi connectivity index (χ3n) is 3.36. The molecular formula is C17H18FNO4S. The quantitative estimate of drug-likeness (QED) is 0.868. The van der Waals surface area contributed by atoms with Gasteiger partial charge in [0, 0.05) is 5.69 Å². The van der Waals surface area contributed by atoms with Crippen molar-refractivity contribution in [2.45, 2.75) is 24.8 Å². The molecule has 5 nitrogen and oxygen atoms in total. The van der Waals surface area contributed by atoms with Crippen molar-refractivity contribution in [1.82, 2.24) is 0 Å². The van der Waals surface area contributed by atoms with Crippen LogP contribution in [0.1, 0.15) is 13.8 Å². The molecule has 0 saturated carbocycles. The molecule has 0 aliphatic heterocycles. The fourth-order valence-electron chi connectivity index (χ4n) is 1.93. The summed E-state index contributed by atoms with van der Waals surface area (Å²) in [7, 11) is -3.27. The van der Waals surface area contributed by atoms with E-state index in [2.05, 4.69) is 5.32 Å². The van der Waals surface area contributed by atoms with Gasteiger partial charge >= 0.3 is 0 Å². The fourth-order valence-corrected chi connectivity index (χ4v) is 2.81. The van der Waals surface area contributed by atoms with E-state index in [-0.39, 0.29) is 16.5 Å². The van der Waals surface area contributed by atoms with Crippen LogP contribution in [0.25, 0.3) is 0 Å². The zero-order chi connectivity index (χ0) is 17.7. The molecule has 0 spiro atoms. The first kappa shape index (κ1) is 17.9.